The summed E-state index contributed by atoms with van der Waals surface area (Å²) in [4.78, 5) is 19.6. The zero-order chi connectivity index (χ0) is 15.2. The van der Waals surface area contributed by atoms with Crippen molar-refractivity contribution in [2.45, 2.75) is 30.8 Å². The lowest BCUT2D eigenvalue weighted by Crippen LogP contribution is -2.10. The fraction of sp³-hybridized carbons (Fsp3) is 0.267. The first-order valence-electron chi connectivity index (χ1n) is 6.61. The van der Waals surface area contributed by atoms with Gasteiger partial charge in [-0.15, -0.1) is 0 Å². The maximum Gasteiger partial charge on any atom is 0.341 e. The smallest absolute Gasteiger partial charge is 0.341 e. The molecular formula is C15H17N3O2S. The highest BCUT2D eigenvalue weighted by atomic mass is 32.2. The van der Waals surface area contributed by atoms with E-state index in [9.17, 15) is 9.90 Å². The van der Waals surface area contributed by atoms with Crippen LogP contribution < -0.4 is 5.32 Å². The van der Waals surface area contributed by atoms with E-state index in [0.29, 0.717) is 22.8 Å². The lowest BCUT2D eigenvalue weighted by molar-refractivity contribution is 0.0697. The van der Waals surface area contributed by atoms with Crippen molar-refractivity contribution in [1.29, 1.82) is 0 Å². The van der Waals surface area contributed by atoms with E-state index in [1.54, 1.807) is 0 Å². The number of carboxylic acid groups (broad SMARTS) is 1. The Morgan fingerprint density at radius 1 is 1.33 bits per heavy atom. The summed E-state index contributed by atoms with van der Waals surface area (Å²) < 4.78 is 0. The first-order valence-corrected chi connectivity index (χ1v) is 7.49. The number of nitrogens with one attached hydrogen (secondary N) is 1. The number of rotatable bonds is 6. The Morgan fingerprint density at radius 3 is 2.67 bits per heavy atom. The number of hydrogen-bond acceptors (Lipinski definition) is 5. The minimum Gasteiger partial charge on any atom is -0.477 e. The summed E-state index contributed by atoms with van der Waals surface area (Å²) in [7, 11) is 0. The van der Waals surface area contributed by atoms with Crippen molar-refractivity contribution in [1.82, 2.24) is 9.97 Å². The van der Waals surface area contributed by atoms with Crippen molar-refractivity contribution in [2.24, 2.45) is 0 Å². The highest BCUT2D eigenvalue weighted by Crippen LogP contribution is 2.22. The molecule has 0 atom stereocenters. The van der Waals surface area contributed by atoms with E-state index < -0.39 is 5.97 Å². The van der Waals surface area contributed by atoms with Crippen molar-refractivity contribution in [3.8, 4) is 0 Å². The second kappa shape index (κ2) is 7.08. The number of aromatic carboxylic acids is 1. The first kappa shape index (κ1) is 15.3. The van der Waals surface area contributed by atoms with Gasteiger partial charge >= 0.3 is 5.97 Å². The third-order valence-corrected chi connectivity index (χ3v) is 3.52. The molecule has 1 aromatic heterocycles. The Morgan fingerprint density at radius 2 is 2.05 bits per heavy atom. The van der Waals surface area contributed by atoms with E-state index >= 15 is 0 Å². The Hall–Kier alpha value is -2.08. The molecule has 0 spiro atoms. The molecule has 0 aliphatic heterocycles. The Bertz CT molecular complexity index is 618. The summed E-state index contributed by atoms with van der Waals surface area (Å²) in [6.45, 7) is 4.59. The van der Waals surface area contributed by atoms with Crippen LogP contribution in [0, 0.1) is 0 Å². The molecule has 0 saturated heterocycles. The van der Waals surface area contributed by atoms with Gasteiger partial charge in [0.15, 0.2) is 5.16 Å². The van der Waals surface area contributed by atoms with Crippen LogP contribution >= 0.6 is 11.8 Å². The third-order valence-electron chi connectivity index (χ3n) is 2.64. The average molecular weight is 303 g/mol. The Kier molecular flexibility index (Phi) is 5.16. The van der Waals surface area contributed by atoms with Crippen LogP contribution in [0.4, 0.5) is 5.82 Å². The molecule has 1 heterocycles. The Balaban J connectivity index is 2.20. The fourth-order valence-corrected chi connectivity index (χ4v) is 2.39. The van der Waals surface area contributed by atoms with Crippen molar-refractivity contribution in [3.05, 3.63) is 47.7 Å². The Labute approximate surface area is 127 Å². The van der Waals surface area contributed by atoms with Gasteiger partial charge < -0.3 is 10.4 Å². The molecule has 0 saturated carbocycles. The van der Waals surface area contributed by atoms with E-state index in [0.717, 1.165) is 5.56 Å². The summed E-state index contributed by atoms with van der Waals surface area (Å²) >= 11 is 1.50. The normalized spacial score (nSPS) is 10.6. The number of hydrogen-bond donors (Lipinski definition) is 2. The molecule has 0 amide bonds. The number of thioether (sulfide) groups is 1. The molecule has 0 unspecified atom stereocenters. The van der Waals surface area contributed by atoms with Crippen molar-refractivity contribution >= 4 is 23.5 Å². The van der Waals surface area contributed by atoms with Crippen LogP contribution in [0.15, 0.2) is 41.7 Å². The number of nitrogens with zero attached hydrogens (tertiary/aromatic N) is 2. The van der Waals surface area contributed by atoms with Crippen LogP contribution in [-0.4, -0.2) is 26.3 Å². The van der Waals surface area contributed by atoms with Gasteiger partial charge in [0.1, 0.15) is 11.4 Å². The van der Waals surface area contributed by atoms with Gasteiger partial charge in [-0.1, -0.05) is 55.9 Å². The van der Waals surface area contributed by atoms with Gasteiger partial charge in [0.05, 0.1) is 0 Å². The quantitative estimate of drug-likeness (QED) is 0.630. The topological polar surface area (TPSA) is 75.1 Å². The number of carboxylic acids is 1. The molecule has 2 rings (SSSR count). The van der Waals surface area contributed by atoms with Crippen LogP contribution in [0.3, 0.4) is 0 Å². The molecule has 0 bridgehead atoms. The fourth-order valence-electron chi connectivity index (χ4n) is 1.71. The maximum atomic E-state index is 11.2. The second-order valence-electron chi connectivity index (χ2n) is 4.73. The van der Waals surface area contributed by atoms with Gasteiger partial charge in [-0.05, 0) is 5.56 Å². The molecule has 2 aromatic rings. The summed E-state index contributed by atoms with van der Waals surface area (Å²) in [6, 6.07) is 9.76. The van der Waals surface area contributed by atoms with Crippen LogP contribution in [0.2, 0.25) is 0 Å². The van der Waals surface area contributed by atoms with Crippen LogP contribution in [0.25, 0.3) is 0 Å². The monoisotopic (exact) mass is 303 g/mol. The lowest BCUT2D eigenvalue weighted by atomic mass is 10.2. The summed E-state index contributed by atoms with van der Waals surface area (Å²) in [6.07, 6.45) is 1.35. The summed E-state index contributed by atoms with van der Waals surface area (Å²) in [5.74, 6) is -0.684. The molecule has 110 valence electrons. The minimum atomic E-state index is -1.04. The van der Waals surface area contributed by atoms with Gasteiger partial charge in [0, 0.05) is 18.0 Å². The molecule has 21 heavy (non-hydrogen) atoms. The molecular weight excluding hydrogens is 286 g/mol. The third kappa shape index (κ3) is 4.46. The summed E-state index contributed by atoms with van der Waals surface area (Å²) in [5.41, 5.74) is 1.14. The van der Waals surface area contributed by atoms with E-state index in [1.165, 1.54) is 18.0 Å². The van der Waals surface area contributed by atoms with Gasteiger partial charge in [-0.2, -0.15) is 0 Å². The predicted molar refractivity (Wildman–Crippen MR) is 83.8 cm³/mol. The minimum absolute atomic E-state index is 0.0824. The zero-order valence-electron chi connectivity index (χ0n) is 11.9. The van der Waals surface area contributed by atoms with Crippen molar-refractivity contribution in [3.63, 3.8) is 0 Å². The molecule has 5 nitrogen and oxygen atoms in total. The first-order chi connectivity index (χ1) is 10.1. The van der Waals surface area contributed by atoms with E-state index in [-0.39, 0.29) is 5.56 Å². The van der Waals surface area contributed by atoms with Gasteiger partial charge in [-0.25, -0.2) is 14.8 Å². The average Bonchev–Trinajstić information content (AvgIpc) is 2.45. The van der Waals surface area contributed by atoms with Crippen LogP contribution in [0.5, 0.6) is 0 Å². The van der Waals surface area contributed by atoms with Gasteiger partial charge in [0.2, 0.25) is 0 Å². The lowest BCUT2D eigenvalue weighted by Gasteiger charge is -2.10. The largest absolute Gasteiger partial charge is 0.477 e. The SMILES string of the molecule is CC(C)Sc1ncc(C(=O)O)c(NCc2ccccc2)n1. The van der Waals surface area contributed by atoms with Crippen LogP contribution in [-0.2, 0) is 6.54 Å². The zero-order valence-corrected chi connectivity index (χ0v) is 12.7. The number of aromatic nitrogens is 2. The molecule has 0 aliphatic rings. The maximum absolute atomic E-state index is 11.2. The molecule has 2 N–H and O–H groups in total. The number of benzene rings is 1. The predicted octanol–water partition coefficient (Wildman–Crippen LogP) is 3.29. The van der Waals surface area contributed by atoms with E-state index in [1.807, 2.05) is 44.2 Å². The summed E-state index contributed by atoms with van der Waals surface area (Å²) in [5, 5.41) is 13.2. The second-order valence-corrected chi connectivity index (χ2v) is 6.27. The van der Waals surface area contributed by atoms with Gasteiger partial charge in [0.25, 0.3) is 0 Å². The standard InChI is InChI=1S/C15H17N3O2S/c1-10(2)21-15-17-9-12(14(19)20)13(18-15)16-8-11-6-4-3-5-7-11/h3-7,9-10H,8H2,1-2H3,(H,19,20)(H,16,17,18). The molecule has 0 radical (unpaired) electrons. The highest BCUT2D eigenvalue weighted by Gasteiger charge is 2.14. The molecule has 1 aromatic carbocycles. The van der Waals surface area contributed by atoms with E-state index in [2.05, 4.69) is 15.3 Å². The number of carbonyl (C=O) groups is 1. The number of anilines is 1. The molecule has 0 aliphatic carbocycles. The van der Waals surface area contributed by atoms with Crippen molar-refractivity contribution < 1.29 is 9.90 Å². The van der Waals surface area contributed by atoms with Crippen LogP contribution in [0.1, 0.15) is 29.8 Å². The van der Waals surface area contributed by atoms with Gasteiger partial charge in [-0.3, -0.25) is 0 Å². The molecule has 6 heteroatoms. The van der Waals surface area contributed by atoms with Crippen molar-refractivity contribution in [2.75, 3.05) is 5.32 Å². The molecule has 0 fully saturated rings. The van der Waals surface area contributed by atoms with E-state index in [4.69, 9.17) is 0 Å². The highest BCUT2D eigenvalue weighted by molar-refractivity contribution is 7.99.